The molecule has 0 atom stereocenters. The molecule has 0 nitrogen and oxygen atoms in total. The van der Waals surface area contributed by atoms with Crippen molar-refractivity contribution in [1.82, 2.24) is 0 Å². The zero-order valence-electron chi connectivity index (χ0n) is 7.48. The first-order chi connectivity index (χ1) is 5.97. The standard InChI is InChI=1S/C12H10.Hg/c1-3-7-11(8-4-1)12-9-5-2-6-10-12;/h1-10H;. The normalized spacial score (nSPS) is 8.92. The Balaban J connectivity index is 0.000000845. The average molecular weight is 355 g/mol. The average Bonchev–Trinajstić information content (AvgIpc) is 2.21. The van der Waals surface area contributed by atoms with E-state index in [0.29, 0.717) is 0 Å². The maximum absolute atomic E-state index is 2.12. The molecule has 2 aromatic carbocycles. The van der Waals surface area contributed by atoms with Crippen molar-refractivity contribution in [2.45, 2.75) is 0 Å². The Morgan fingerprint density at radius 1 is 0.462 bits per heavy atom. The molecule has 0 aromatic heterocycles. The zero-order chi connectivity index (χ0) is 8.23. The predicted octanol–water partition coefficient (Wildman–Crippen LogP) is 3.35. The Kier molecular flexibility index (Phi) is 4.17. The smallest absolute Gasteiger partial charge is 0 e. The van der Waals surface area contributed by atoms with Gasteiger partial charge in [0.1, 0.15) is 0 Å². The van der Waals surface area contributed by atoms with Gasteiger partial charge < -0.3 is 0 Å². The first-order valence-electron chi connectivity index (χ1n) is 4.07. The largest absolute Gasteiger partial charge is 0.0622 e. The summed E-state index contributed by atoms with van der Waals surface area (Å²) in [5.41, 5.74) is 2.55. The third-order valence-corrected chi connectivity index (χ3v) is 1.88. The molecular formula is C12H10Hg. The maximum atomic E-state index is 2.12. The fraction of sp³-hybridized carbons (Fsp3) is 0. The predicted molar refractivity (Wildman–Crippen MR) is 51.9 cm³/mol. The molecule has 0 bridgehead atoms. The summed E-state index contributed by atoms with van der Waals surface area (Å²) in [6.07, 6.45) is 0. The van der Waals surface area contributed by atoms with Gasteiger partial charge in [0.2, 0.25) is 0 Å². The van der Waals surface area contributed by atoms with E-state index in [9.17, 15) is 0 Å². The molecule has 0 saturated carbocycles. The van der Waals surface area contributed by atoms with Crippen molar-refractivity contribution in [2.75, 3.05) is 0 Å². The Hall–Kier alpha value is -0.625. The van der Waals surface area contributed by atoms with Gasteiger partial charge in [0.15, 0.2) is 0 Å². The Morgan fingerprint density at radius 2 is 0.769 bits per heavy atom. The minimum absolute atomic E-state index is 0. The molecule has 13 heavy (non-hydrogen) atoms. The van der Waals surface area contributed by atoms with Crippen LogP contribution in [0.4, 0.5) is 0 Å². The summed E-state index contributed by atoms with van der Waals surface area (Å²) in [6, 6.07) is 20.8. The van der Waals surface area contributed by atoms with E-state index in [1.54, 1.807) is 0 Å². The van der Waals surface area contributed by atoms with E-state index in [4.69, 9.17) is 0 Å². The minimum Gasteiger partial charge on any atom is -0.0622 e. The van der Waals surface area contributed by atoms with Crippen molar-refractivity contribution in [3.05, 3.63) is 60.7 Å². The molecule has 2 rings (SSSR count). The maximum Gasteiger partial charge on any atom is 0 e. The van der Waals surface area contributed by atoms with Crippen molar-refractivity contribution in [3.8, 4) is 11.1 Å². The fourth-order valence-corrected chi connectivity index (χ4v) is 1.26. The second-order valence-corrected chi connectivity index (χ2v) is 2.73. The summed E-state index contributed by atoms with van der Waals surface area (Å²) in [5, 5.41) is 0. The molecule has 0 heterocycles. The van der Waals surface area contributed by atoms with Crippen molar-refractivity contribution in [2.24, 2.45) is 0 Å². The summed E-state index contributed by atoms with van der Waals surface area (Å²) < 4.78 is 0. The summed E-state index contributed by atoms with van der Waals surface area (Å²) in [6.45, 7) is 0. The van der Waals surface area contributed by atoms with Crippen molar-refractivity contribution < 1.29 is 27.7 Å². The Labute approximate surface area is 99.1 Å². The number of hydrogen-bond acceptors (Lipinski definition) is 0. The monoisotopic (exact) mass is 356 g/mol. The van der Waals surface area contributed by atoms with E-state index in [2.05, 4.69) is 48.5 Å². The van der Waals surface area contributed by atoms with Gasteiger partial charge in [-0.25, -0.2) is 0 Å². The second kappa shape index (κ2) is 5.18. The minimum atomic E-state index is 0. The van der Waals surface area contributed by atoms with Crippen LogP contribution in [0.2, 0.25) is 0 Å². The first kappa shape index (κ1) is 10.5. The molecule has 0 radical (unpaired) electrons. The number of hydrogen-bond donors (Lipinski definition) is 0. The first-order valence-corrected chi connectivity index (χ1v) is 4.07. The quantitative estimate of drug-likeness (QED) is 0.689. The van der Waals surface area contributed by atoms with Crippen molar-refractivity contribution in [3.63, 3.8) is 0 Å². The molecule has 0 aliphatic rings. The molecular weight excluding hydrogens is 345 g/mol. The Morgan fingerprint density at radius 3 is 1.08 bits per heavy atom. The van der Waals surface area contributed by atoms with Crippen LogP contribution in [0.1, 0.15) is 0 Å². The van der Waals surface area contributed by atoms with E-state index >= 15 is 0 Å². The van der Waals surface area contributed by atoms with Crippen LogP contribution in [0.15, 0.2) is 60.7 Å². The van der Waals surface area contributed by atoms with Gasteiger partial charge in [-0.15, -0.1) is 0 Å². The molecule has 2 aromatic rings. The molecule has 1 heteroatoms. The van der Waals surface area contributed by atoms with Gasteiger partial charge in [-0.2, -0.15) is 0 Å². The van der Waals surface area contributed by atoms with Crippen LogP contribution < -0.4 is 0 Å². The van der Waals surface area contributed by atoms with Crippen molar-refractivity contribution >= 4 is 0 Å². The summed E-state index contributed by atoms with van der Waals surface area (Å²) in [5.74, 6) is 0. The van der Waals surface area contributed by atoms with E-state index in [1.165, 1.54) is 11.1 Å². The van der Waals surface area contributed by atoms with Crippen LogP contribution in [0, 0.1) is 0 Å². The molecule has 60 valence electrons. The third-order valence-electron chi connectivity index (χ3n) is 1.88. The SMILES string of the molecule is [Hg].c1ccc(-c2ccccc2)cc1. The molecule has 0 unspecified atom stereocenters. The molecule has 0 N–H and O–H groups in total. The molecule has 0 aliphatic heterocycles. The summed E-state index contributed by atoms with van der Waals surface area (Å²) in [4.78, 5) is 0. The molecule has 0 fully saturated rings. The van der Waals surface area contributed by atoms with E-state index in [1.807, 2.05) is 12.1 Å². The van der Waals surface area contributed by atoms with Gasteiger partial charge >= 0.3 is 0 Å². The van der Waals surface area contributed by atoms with E-state index in [0.717, 1.165) is 0 Å². The number of rotatable bonds is 1. The molecule has 0 spiro atoms. The molecule has 0 aliphatic carbocycles. The number of benzene rings is 2. The van der Waals surface area contributed by atoms with Crippen LogP contribution in [0.3, 0.4) is 0 Å². The van der Waals surface area contributed by atoms with Gasteiger partial charge in [0.25, 0.3) is 0 Å². The van der Waals surface area contributed by atoms with Gasteiger partial charge in [0, 0.05) is 27.7 Å². The topological polar surface area (TPSA) is 0 Å². The van der Waals surface area contributed by atoms with Crippen LogP contribution in [0.5, 0.6) is 0 Å². The van der Waals surface area contributed by atoms with Crippen LogP contribution >= 0.6 is 0 Å². The Bertz CT molecular complexity index is 303. The fourth-order valence-electron chi connectivity index (χ4n) is 1.26. The summed E-state index contributed by atoms with van der Waals surface area (Å²) in [7, 11) is 0. The second-order valence-electron chi connectivity index (χ2n) is 2.73. The molecule has 0 amide bonds. The van der Waals surface area contributed by atoms with E-state index < -0.39 is 0 Å². The van der Waals surface area contributed by atoms with Gasteiger partial charge in [-0.05, 0) is 11.1 Å². The molecule has 0 saturated heterocycles. The van der Waals surface area contributed by atoms with Crippen LogP contribution in [-0.2, 0) is 27.7 Å². The van der Waals surface area contributed by atoms with Gasteiger partial charge in [0.05, 0.1) is 0 Å². The van der Waals surface area contributed by atoms with Gasteiger partial charge in [-0.3, -0.25) is 0 Å². The van der Waals surface area contributed by atoms with E-state index in [-0.39, 0.29) is 27.7 Å². The van der Waals surface area contributed by atoms with Crippen LogP contribution in [0.25, 0.3) is 11.1 Å². The van der Waals surface area contributed by atoms with Crippen LogP contribution in [-0.4, -0.2) is 0 Å². The third kappa shape index (κ3) is 2.66. The van der Waals surface area contributed by atoms with Crippen molar-refractivity contribution in [1.29, 1.82) is 0 Å². The van der Waals surface area contributed by atoms with Gasteiger partial charge in [-0.1, -0.05) is 60.7 Å². The summed E-state index contributed by atoms with van der Waals surface area (Å²) >= 11 is 0. The zero-order valence-corrected chi connectivity index (χ0v) is 13.0.